The minimum atomic E-state index is -0.483. The molecule has 1 aromatic heterocycles. The van der Waals surface area contributed by atoms with Gasteiger partial charge in [0.2, 0.25) is 0 Å². The first-order chi connectivity index (χ1) is 9.22. The molecule has 3 atom stereocenters. The molecule has 3 heterocycles. The van der Waals surface area contributed by atoms with Crippen molar-refractivity contribution in [1.82, 2.24) is 9.88 Å². The third kappa shape index (κ3) is 2.88. The van der Waals surface area contributed by atoms with Gasteiger partial charge in [0.1, 0.15) is 5.82 Å². The molecule has 0 amide bonds. The number of nitrogens with zero attached hydrogens (tertiary/aromatic N) is 2. The van der Waals surface area contributed by atoms with Gasteiger partial charge in [0.25, 0.3) is 0 Å². The minimum absolute atomic E-state index is 0.0938. The van der Waals surface area contributed by atoms with Crippen LogP contribution in [0.2, 0.25) is 0 Å². The van der Waals surface area contributed by atoms with Gasteiger partial charge in [0, 0.05) is 25.2 Å². The van der Waals surface area contributed by atoms with Gasteiger partial charge in [-0.15, -0.1) is 0 Å². The van der Waals surface area contributed by atoms with E-state index in [2.05, 4.69) is 9.88 Å². The Morgan fingerprint density at radius 3 is 3.32 bits per heavy atom. The molecule has 3 rings (SSSR count). The van der Waals surface area contributed by atoms with Crippen molar-refractivity contribution in [2.45, 2.75) is 37.5 Å². The molecule has 0 radical (unpaired) electrons. The highest BCUT2D eigenvalue weighted by Crippen LogP contribution is 2.24. The normalized spacial score (nSPS) is 29.1. The molecule has 1 aromatic rings. The summed E-state index contributed by atoms with van der Waals surface area (Å²) in [6.07, 6.45) is 4.14. The molecule has 3 N–H and O–H groups in total. The van der Waals surface area contributed by atoms with Crippen molar-refractivity contribution in [1.29, 1.82) is 0 Å². The minimum Gasteiger partial charge on any atom is -0.390 e. The number of aliphatic hydroxyl groups excluding tert-OH is 1. The summed E-state index contributed by atoms with van der Waals surface area (Å²) in [6, 6.07) is 4.27. The van der Waals surface area contributed by atoms with Gasteiger partial charge in [-0.05, 0) is 37.1 Å². The summed E-state index contributed by atoms with van der Waals surface area (Å²) in [6.45, 7) is 2.73. The number of hydrogen-bond acceptors (Lipinski definition) is 5. The fourth-order valence-electron chi connectivity index (χ4n) is 3.07. The summed E-state index contributed by atoms with van der Waals surface area (Å²) in [7, 11) is 0. The molecule has 0 spiro atoms. The molecule has 2 aliphatic rings. The number of aliphatic hydroxyl groups is 1. The van der Waals surface area contributed by atoms with Gasteiger partial charge < -0.3 is 15.6 Å². The molecular formula is C14H21N3O2. The first-order valence-electron chi connectivity index (χ1n) is 6.96. The highest BCUT2D eigenvalue weighted by Gasteiger charge is 2.35. The maximum Gasteiger partial charge on any atom is 0.123 e. The molecule has 104 valence electrons. The predicted octanol–water partition coefficient (Wildman–Crippen LogP) is 0.430. The Bertz CT molecular complexity index is 440. The third-order valence-corrected chi connectivity index (χ3v) is 4.14. The number of nitrogen functional groups attached to an aromatic ring is 1. The van der Waals surface area contributed by atoms with E-state index < -0.39 is 6.10 Å². The number of nitrogens with two attached hydrogens (primary N) is 1. The van der Waals surface area contributed by atoms with Crippen LogP contribution in [0.4, 0.5) is 5.82 Å². The lowest BCUT2D eigenvalue weighted by Gasteiger charge is -2.37. The van der Waals surface area contributed by atoms with E-state index in [1.165, 1.54) is 12.8 Å². The summed E-state index contributed by atoms with van der Waals surface area (Å²) < 4.78 is 5.82. The van der Waals surface area contributed by atoms with Crippen LogP contribution in [-0.2, 0) is 11.2 Å². The Morgan fingerprint density at radius 1 is 1.58 bits per heavy atom. The topological polar surface area (TPSA) is 71.6 Å². The second-order valence-corrected chi connectivity index (χ2v) is 5.52. The van der Waals surface area contributed by atoms with Crippen LogP contribution < -0.4 is 5.73 Å². The van der Waals surface area contributed by atoms with Crippen molar-refractivity contribution in [3.63, 3.8) is 0 Å². The van der Waals surface area contributed by atoms with Crippen molar-refractivity contribution >= 4 is 5.82 Å². The van der Waals surface area contributed by atoms with E-state index in [1.54, 1.807) is 6.20 Å². The van der Waals surface area contributed by atoms with E-state index >= 15 is 0 Å². The van der Waals surface area contributed by atoms with Crippen molar-refractivity contribution in [2.24, 2.45) is 0 Å². The molecule has 19 heavy (non-hydrogen) atoms. The van der Waals surface area contributed by atoms with Crippen LogP contribution in [0.25, 0.3) is 0 Å². The molecule has 5 heteroatoms. The molecule has 0 aromatic carbocycles. The molecule has 0 aliphatic carbocycles. The van der Waals surface area contributed by atoms with E-state index in [0.717, 1.165) is 25.3 Å². The van der Waals surface area contributed by atoms with Gasteiger partial charge in [-0.3, -0.25) is 4.90 Å². The number of pyridine rings is 1. The molecule has 2 saturated heterocycles. The maximum absolute atomic E-state index is 10.3. The Labute approximate surface area is 113 Å². The highest BCUT2D eigenvalue weighted by molar-refractivity contribution is 5.32. The first-order valence-corrected chi connectivity index (χ1v) is 6.96. The number of aromatic nitrogens is 1. The Hall–Kier alpha value is -1.17. The number of rotatable bonds is 3. The summed E-state index contributed by atoms with van der Waals surface area (Å²) in [5.41, 5.74) is 6.66. The van der Waals surface area contributed by atoms with Crippen LogP contribution in [0.15, 0.2) is 18.3 Å². The molecule has 0 saturated carbocycles. The fourth-order valence-corrected chi connectivity index (χ4v) is 3.07. The fraction of sp³-hybridized carbons (Fsp3) is 0.643. The van der Waals surface area contributed by atoms with Gasteiger partial charge >= 0.3 is 0 Å². The van der Waals surface area contributed by atoms with Gasteiger partial charge in [0.05, 0.1) is 18.8 Å². The van der Waals surface area contributed by atoms with Gasteiger partial charge in [0.15, 0.2) is 0 Å². The lowest BCUT2D eigenvalue weighted by atomic mass is 10.0. The molecule has 3 unspecified atom stereocenters. The number of fused-ring (bicyclic) bond motifs is 1. The monoisotopic (exact) mass is 263 g/mol. The van der Waals surface area contributed by atoms with E-state index in [1.807, 2.05) is 12.1 Å². The summed E-state index contributed by atoms with van der Waals surface area (Å²) in [4.78, 5) is 6.40. The van der Waals surface area contributed by atoms with Crippen molar-refractivity contribution in [3.05, 3.63) is 23.9 Å². The lowest BCUT2D eigenvalue weighted by molar-refractivity contribution is -0.101. The smallest absolute Gasteiger partial charge is 0.123 e. The maximum atomic E-state index is 10.3. The molecular weight excluding hydrogens is 242 g/mol. The molecule has 5 nitrogen and oxygen atoms in total. The van der Waals surface area contributed by atoms with Crippen LogP contribution in [0.3, 0.4) is 0 Å². The number of hydrogen-bond donors (Lipinski definition) is 2. The largest absolute Gasteiger partial charge is 0.390 e. The molecule has 0 bridgehead atoms. The van der Waals surface area contributed by atoms with Crippen molar-refractivity contribution < 1.29 is 9.84 Å². The second-order valence-electron chi connectivity index (χ2n) is 5.52. The first kappa shape index (κ1) is 12.8. The van der Waals surface area contributed by atoms with Gasteiger partial charge in [-0.25, -0.2) is 4.98 Å². The Morgan fingerprint density at radius 2 is 2.47 bits per heavy atom. The van der Waals surface area contributed by atoms with Crippen LogP contribution >= 0.6 is 0 Å². The van der Waals surface area contributed by atoms with Crippen molar-refractivity contribution in [2.75, 3.05) is 25.4 Å². The SMILES string of the molecule is Nc1cc(CC(O)C2CN3CCCC3CO2)ccn1. The van der Waals surface area contributed by atoms with E-state index in [-0.39, 0.29) is 6.10 Å². The highest BCUT2D eigenvalue weighted by atomic mass is 16.5. The standard InChI is InChI=1S/C14H21N3O2/c15-14-7-10(3-4-16-14)6-12(18)13-8-17-5-1-2-11(17)9-19-13/h3-4,7,11-13,18H,1-2,5-6,8-9H2,(H2,15,16). The van der Waals surface area contributed by atoms with E-state index in [0.29, 0.717) is 18.3 Å². The zero-order valence-corrected chi connectivity index (χ0v) is 11.0. The predicted molar refractivity (Wildman–Crippen MR) is 72.7 cm³/mol. The zero-order chi connectivity index (χ0) is 13.2. The Balaban J connectivity index is 1.59. The third-order valence-electron chi connectivity index (χ3n) is 4.14. The number of morpholine rings is 1. The van der Waals surface area contributed by atoms with Crippen LogP contribution in [0.1, 0.15) is 18.4 Å². The van der Waals surface area contributed by atoms with Gasteiger partial charge in [-0.1, -0.05) is 0 Å². The van der Waals surface area contributed by atoms with Gasteiger partial charge in [-0.2, -0.15) is 0 Å². The summed E-state index contributed by atoms with van der Waals surface area (Å²) in [5.74, 6) is 0.494. The number of ether oxygens (including phenoxy) is 1. The van der Waals surface area contributed by atoms with Crippen LogP contribution in [-0.4, -0.2) is 52.9 Å². The number of anilines is 1. The van der Waals surface area contributed by atoms with E-state index in [9.17, 15) is 5.11 Å². The van der Waals surface area contributed by atoms with Crippen LogP contribution in [0, 0.1) is 0 Å². The summed E-state index contributed by atoms with van der Waals surface area (Å²) >= 11 is 0. The lowest BCUT2D eigenvalue weighted by Crippen LogP contribution is -2.50. The summed E-state index contributed by atoms with van der Waals surface area (Å²) in [5, 5.41) is 10.3. The Kier molecular flexibility index (Phi) is 3.68. The molecule has 2 aliphatic heterocycles. The van der Waals surface area contributed by atoms with Crippen LogP contribution in [0.5, 0.6) is 0 Å². The average Bonchev–Trinajstić information content (AvgIpc) is 2.85. The van der Waals surface area contributed by atoms with E-state index in [4.69, 9.17) is 10.5 Å². The molecule has 2 fully saturated rings. The zero-order valence-electron chi connectivity index (χ0n) is 11.0. The van der Waals surface area contributed by atoms with Crippen molar-refractivity contribution in [3.8, 4) is 0 Å². The average molecular weight is 263 g/mol. The quantitative estimate of drug-likeness (QED) is 0.827. The second kappa shape index (κ2) is 5.45.